The van der Waals surface area contributed by atoms with Crippen LogP contribution in [0, 0.1) is 0 Å². The molecule has 3 N–H and O–H groups in total. The van der Waals surface area contributed by atoms with Crippen molar-refractivity contribution in [3.05, 3.63) is 89.8 Å². The molecule has 7 heteroatoms. The van der Waals surface area contributed by atoms with Crippen LogP contribution in [-0.2, 0) is 13.0 Å². The van der Waals surface area contributed by atoms with Crippen LogP contribution < -0.4 is 10.6 Å². The molecule has 0 radical (unpaired) electrons. The van der Waals surface area contributed by atoms with Gasteiger partial charge in [-0.2, -0.15) is 0 Å². The van der Waals surface area contributed by atoms with Gasteiger partial charge < -0.3 is 15.7 Å². The molecule has 0 bridgehead atoms. The van der Waals surface area contributed by atoms with Crippen LogP contribution in [0.4, 0.5) is 14.5 Å². The van der Waals surface area contributed by atoms with Crippen molar-refractivity contribution < 1.29 is 18.7 Å². The monoisotopic (exact) mass is 443 g/mol. The molecule has 2 aromatic rings. The number of pyridine rings is 1. The third-order valence-corrected chi connectivity index (χ3v) is 4.58. The first-order valence-electron chi connectivity index (χ1n) is 10.5. The lowest BCUT2D eigenvalue weighted by Gasteiger charge is -2.10. The maximum atomic E-state index is 13.5. The first-order chi connectivity index (χ1) is 15.5. The largest absolute Gasteiger partial charge is 0.478 e. The maximum Gasteiger partial charge on any atom is 0.337 e. The number of nitrogens with zero attached hydrogens (tertiary/aromatic N) is 1. The van der Waals surface area contributed by atoms with Crippen LogP contribution >= 0.6 is 0 Å². The van der Waals surface area contributed by atoms with Crippen molar-refractivity contribution in [1.82, 2.24) is 10.3 Å². The lowest BCUT2D eigenvalue weighted by Crippen LogP contribution is -2.11. The average molecular weight is 444 g/mol. The Hall–Kier alpha value is -3.32. The zero-order valence-corrected chi connectivity index (χ0v) is 18.8. The van der Waals surface area contributed by atoms with E-state index in [0.29, 0.717) is 17.6 Å². The minimum atomic E-state index is -0.947. The van der Waals surface area contributed by atoms with Gasteiger partial charge in [0.1, 0.15) is 5.83 Å². The number of hydrogen-bond acceptors (Lipinski definition) is 4. The number of aromatic carboxylic acids is 1. The second kappa shape index (κ2) is 14.6. The Morgan fingerprint density at radius 1 is 1.28 bits per heavy atom. The number of carboxylic acids is 1. The van der Waals surface area contributed by atoms with E-state index in [9.17, 15) is 13.6 Å². The molecule has 0 fully saturated rings. The molecular formula is C25H31F2N3O2. The highest BCUT2D eigenvalue weighted by Gasteiger charge is 2.11. The molecule has 0 saturated carbocycles. The summed E-state index contributed by atoms with van der Waals surface area (Å²) in [5.41, 5.74) is 4.30. The molecule has 0 aliphatic carbocycles. The van der Waals surface area contributed by atoms with Gasteiger partial charge in [-0.15, -0.1) is 0 Å². The Kier molecular flexibility index (Phi) is 12.2. The summed E-state index contributed by atoms with van der Waals surface area (Å²) in [6.45, 7) is 9.15. The zero-order valence-electron chi connectivity index (χ0n) is 18.8. The van der Waals surface area contributed by atoms with Crippen molar-refractivity contribution in [2.45, 2.75) is 33.2 Å². The summed E-state index contributed by atoms with van der Waals surface area (Å²) in [4.78, 5) is 14.3. The van der Waals surface area contributed by atoms with Crippen LogP contribution in [0.15, 0.2) is 67.5 Å². The number of anilines is 1. The average Bonchev–Trinajstić information content (AvgIpc) is 3.06. The molecule has 3 rings (SSSR count). The summed E-state index contributed by atoms with van der Waals surface area (Å²) in [7, 11) is 1.66. The van der Waals surface area contributed by atoms with Crippen molar-refractivity contribution in [2.24, 2.45) is 0 Å². The molecule has 1 aliphatic heterocycles. The Balaban J connectivity index is 0.000000335. The number of carbonyl (C=O) groups is 1. The Labute approximate surface area is 188 Å². The van der Waals surface area contributed by atoms with Gasteiger partial charge in [-0.05, 0) is 54.3 Å². The predicted octanol–water partition coefficient (Wildman–Crippen LogP) is 5.92. The van der Waals surface area contributed by atoms with Crippen LogP contribution in [-0.4, -0.2) is 29.7 Å². The van der Waals surface area contributed by atoms with Gasteiger partial charge in [-0.25, -0.2) is 13.6 Å². The van der Waals surface area contributed by atoms with Crippen molar-refractivity contribution in [3.8, 4) is 0 Å². The van der Waals surface area contributed by atoms with Crippen molar-refractivity contribution in [1.29, 1.82) is 0 Å². The molecule has 32 heavy (non-hydrogen) atoms. The molecule has 1 aromatic carbocycles. The van der Waals surface area contributed by atoms with E-state index in [1.54, 1.807) is 7.05 Å². The predicted molar refractivity (Wildman–Crippen MR) is 127 cm³/mol. The van der Waals surface area contributed by atoms with Gasteiger partial charge in [0, 0.05) is 25.4 Å². The van der Waals surface area contributed by atoms with E-state index in [-0.39, 0.29) is 5.56 Å². The summed E-state index contributed by atoms with van der Waals surface area (Å²) in [5, 5.41) is 14.7. The molecule has 172 valence electrons. The first-order valence-corrected chi connectivity index (χ1v) is 10.5. The number of halogens is 2. The fraction of sp³-hybridized carbons (Fsp3) is 0.280. The number of hydrogen-bond donors (Lipinski definition) is 3. The van der Waals surface area contributed by atoms with Crippen LogP contribution in [0.2, 0.25) is 0 Å². The Bertz CT molecular complexity index is 956. The lowest BCUT2D eigenvalue weighted by atomic mass is 9.96. The van der Waals surface area contributed by atoms with Gasteiger partial charge in [-0.3, -0.25) is 4.98 Å². The summed E-state index contributed by atoms with van der Waals surface area (Å²) in [6, 6.07) is 7.28. The van der Waals surface area contributed by atoms with Crippen LogP contribution in [0.25, 0.3) is 5.57 Å². The number of nitrogens with one attached hydrogen (secondary N) is 2. The van der Waals surface area contributed by atoms with Gasteiger partial charge in [0.25, 0.3) is 0 Å². The standard InChI is InChI=1S/C16H17F2N.C7H8N2O2.C2H6/c1-12(18)16(5-2-8-17)14-6-7-15-11-19-9-3-4-13(15)10-14;1-8-6-4-9-3-2-5(6)7(10)11;1-2/h2,5-8,10,19H,1,3-4,9,11H2;2-4,8H,1H3,(H,10,11);1-2H3/b8-2+,16-5+;;. The van der Waals surface area contributed by atoms with Gasteiger partial charge in [0.2, 0.25) is 0 Å². The van der Waals surface area contributed by atoms with Crippen molar-refractivity contribution in [3.63, 3.8) is 0 Å². The molecular weight excluding hydrogens is 412 g/mol. The smallest absolute Gasteiger partial charge is 0.337 e. The van der Waals surface area contributed by atoms with E-state index in [2.05, 4.69) is 22.2 Å². The van der Waals surface area contributed by atoms with E-state index < -0.39 is 11.8 Å². The van der Waals surface area contributed by atoms with E-state index in [4.69, 9.17) is 5.11 Å². The summed E-state index contributed by atoms with van der Waals surface area (Å²) < 4.78 is 25.5. The SMILES string of the molecule is C=C(F)/C(=C\C=C\F)c1ccc2c(c1)CCCNC2.CC.CNc1cnccc1C(=O)O. The highest BCUT2D eigenvalue weighted by atomic mass is 19.1. The maximum absolute atomic E-state index is 13.5. The van der Waals surface area contributed by atoms with Gasteiger partial charge in [-0.1, -0.05) is 38.6 Å². The number of rotatable bonds is 5. The highest BCUT2D eigenvalue weighted by Crippen LogP contribution is 2.26. The number of aromatic nitrogens is 1. The minimum Gasteiger partial charge on any atom is -0.478 e. The fourth-order valence-electron chi connectivity index (χ4n) is 3.08. The highest BCUT2D eigenvalue weighted by molar-refractivity contribution is 5.93. The molecule has 0 saturated heterocycles. The van der Waals surface area contributed by atoms with Crippen molar-refractivity contribution >= 4 is 17.2 Å². The molecule has 0 amide bonds. The van der Waals surface area contributed by atoms with E-state index >= 15 is 0 Å². The van der Waals surface area contributed by atoms with Crippen LogP contribution in [0.3, 0.4) is 0 Å². The third-order valence-electron chi connectivity index (χ3n) is 4.58. The second-order valence-electron chi connectivity index (χ2n) is 6.54. The molecule has 5 nitrogen and oxygen atoms in total. The van der Waals surface area contributed by atoms with Gasteiger partial charge in [0.05, 0.1) is 23.8 Å². The molecule has 1 aromatic heterocycles. The topological polar surface area (TPSA) is 74.2 Å². The van der Waals surface area contributed by atoms with Crippen LogP contribution in [0.1, 0.15) is 47.3 Å². The number of benzene rings is 1. The van der Waals surface area contributed by atoms with E-state index in [0.717, 1.165) is 31.5 Å². The van der Waals surface area contributed by atoms with E-state index in [1.165, 1.54) is 41.7 Å². The normalized spacial score (nSPS) is 13.0. The Morgan fingerprint density at radius 3 is 2.62 bits per heavy atom. The molecule has 1 aliphatic rings. The van der Waals surface area contributed by atoms with Gasteiger partial charge >= 0.3 is 5.97 Å². The Morgan fingerprint density at radius 2 is 2.03 bits per heavy atom. The van der Waals surface area contributed by atoms with Gasteiger partial charge in [0.15, 0.2) is 0 Å². The first kappa shape index (κ1) is 26.7. The second-order valence-corrected chi connectivity index (χ2v) is 6.54. The lowest BCUT2D eigenvalue weighted by molar-refractivity contribution is 0.0698. The summed E-state index contributed by atoms with van der Waals surface area (Å²) in [6.07, 6.45) is 7.92. The number of aryl methyl sites for hydroxylation is 1. The third kappa shape index (κ3) is 8.07. The quantitative estimate of drug-likeness (QED) is 0.500. The fourth-order valence-corrected chi connectivity index (χ4v) is 3.08. The molecule has 2 heterocycles. The summed E-state index contributed by atoms with van der Waals surface area (Å²) in [5.74, 6) is -1.50. The summed E-state index contributed by atoms with van der Waals surface area (Å²) >= 11 is 0. The number of carboxylic acid groups (broad SMARTS) is 1. The molecule has 0 atom stereocenters. The van der Waals surface area contributed by atoms with Crippen molar-refractivity contribution in [2.75, 3.05) is 18.9 Å². The zero-order chi connectivity index (χ0) is 23.9. The number of fused-ring (bicyclic) bond motifs is 1. The number of allylic oxidation sites excluding steroid dienone is 4. The molecule has 0 unspecified atom stereocenters. The van der Waals surface area contributed by atoms with E-state index in [1.807, 2.05) is 32.0 Å². The minimum absolute atomic E-state index is 0.238. The van der Waals surface area contributed by atoms with Crippen LogP contribution in [0.5, 0.6) is 0 Å². The molecule has 0 spiro atoms.